The normalized spacial score (nSPS) is 20.1. The van der Waals surface area contributed by atoms with Crippen molar-refractivity contribution in [3.05, 3.63) is 76.3 Å². The van der Waals surface area contributed by atoms with Gasteiger partial charge < -0.3 is 4.74 Å². The first-order valence-corrected chi connectivity index (χ1v) is 9.39. The van der Waals surface area contributed by atoms with E-state index < -0.39 is 0 Å². The largest absolute Gasteiger partial charge is 0.496 e. The molecule has 1 aliphatic heterocycles. The molecule has 2 atom stereocenters. The van der Waals surface area contributed by atoms with Crippen molar-refractivity contribution in [3.63, 3.8) is 0 Å². The van der Waals surface area contributed by atoms with Gasteiger partial charge >= 0.3 is 0 Å². The maximum absolute atomic E-state index is 5.54. The van der Waals surface area contributed by atoms with E-state index in [1.54, 1.807) is 7.11 Å². The molecule has 0 bridgehead atoms. The van der Waals surface area contributed by atoms with Crippen molar-refractivity contribution in [1.29, 1.82) is 0 Å². The van der Waals surface area contributed by atoms with E-state index >= 15 is 0 Å². The summed E-state index contributed by atoms with van der Waals surface area (Å²) in [4.78, 5) is 4.76. The van der Waals surface area contributed by atoms with Crippen LogP contribution >= 0.6 is 15.9 Å². The molecular weight excluding hydrogens is 390 g/mol. The first-order valence-electron chi connectivity index (χ1n) is 8.60. The van der Waals surface area contributed by atoms with E-state index in [-0.39, 0.29) is 12.2 Å². The minimum absolute atomic E-state index is 0.0207. The summed E-state index contributed by atoms with van der Waals surface area (Å²) < 4.78 is 6.63. The van der Waals surface area contributed by atoms with Crippen molar-refractivity contribution in [2.75, 3.05) is 7.11 Å². The summed E-state index contributed by atoms with van der Waals surface area (Å²) in [7, 11) is 1.69. The van der Waals surface area contributed by atoms with E-state index in [4.69, 9.17) is 9.73 Å². The van der Waals surface area contributed by atoms with Crippen LogP contribution in [0.15, 0.2) is 70.1 Å². The Labute approximate surface area is 161 Å². The van der Waals surface area contributed by atoms with Crippen LogP contribution in [0.4, 0.5) is 0 Å². The quantitative estimate of drug-likeness (QED) is 0.619. The summed E-state index contributed by atoms with van der Waals surface area (Å²) in [5.41, 5.74) is 8.87. The zero-order valence-corrected chi connectivity index (χ0v) is 16.0. The predicted molar refractivity (Wildman–Crippen MR) is 110 cm³/mol. The Morgan fingerprint density at radius 2 is 1.85 bits per heavy atom. The molecule has 0 aliphatic carbocycles. The lowest BCUT2D eigenvalue weighted by molar-refractivity contribution is 0.415. The van der Waals surface area contributed by atoms with Gasteiger partial charge in [-0.3, -0.25) is 4.99 Å². The second kappa shape index (κ2) is 7.58. The second-order valence-electron chi connectivity index (χ2n) is 6.33. The standard InChI is InChI=1S/C21H20BrN3O/c1-26-20-11-8-14-4-2-3-5-17(14)18(20)13-23-21-12-19(24-25-21)15-6-9-16(22)10-7-15/h2-11,13,19,21,24-25H,12H2,1H3/b23-13+. The molecule has 5 heteroatoms. The highest BCUT2D eigenvalue weighted by atomic mass is 79.9. The lowest BCUT2D eigenvalue weighted by Crippen LogP contribution is -2.29. The van der Waals surface area contributed by atoms with Crippen molar-refractivity contribution >= 4 is 32.9 Å². The molecule has 1 saturated heterocycles. The molecule has 0 spiro atoms. The minimum atomic E-state index is 0.0207. The smallest absolute Gasteiger partial charge is 0.128 e. The summed E-state index contributed by atoms with van der Waals surface area (Å²) >= 11 is 3.48. The molecule has 2 unspecified atom stereocenters. The zero-order chi connectivity index (χ0) is 17.9. The van der Waals surface area contributed by atoms with Gasteiger partial charge in [0.15, 0.2) is 0 Å². The van der Waals surface area contributed by atoms with Gasteiger partial charge in [-0.2, -0.15) is 0 Å². The van der Waals surface area contributed by atoms with E-state index in [0.29, 0.717) is 0 Å². The maximum atomic E-state index is 5.54. The van der Waals surface area contributed by atoms with Gasteiger partial charge in [0.05, 0.1) is 7.11 Å². The average Bonchev–Trinajstić information content (AvgIpc) is 3.15. The molecule has 132 valence electrons. The zero-order valence-electron chi connectivity index (χ0n) is 14.4. The fourth-order valence-electron chi connectivity index (χ4n) is 3.30. The number of rotatable bonds is 4. The van der Waals surface area contributed by atoms with Crippen LogP contribution in [0.2, 0.25) is 0 Å². The first kappa shape index (κ1) is 17.2. The molecule has 1 heterocycles. The third-order valence-corrected chi connectivity index (χ3v) is 5.22. The fourth-order valence-corrected chi connectivity index (χ4v) is 3.57. The average molecular weight is 410 g/mol. The molecule has 0 amide bonds. The fraction of sp³-hybridized carbons (Fsp3) is 0.190. The van der Waals surface area contributed by atoms with Crippen LogP contribution in [-0.2, 0) is 0 Å². The molecule has 1 fully saturated rings. The molecule has 2 N–H and O–H groups in total. The Morgan fingerprint density at radius 1 is 1.04 bits per heavy atom. The second-order valence-corrected chi connectivity index (χ2v) is 7.24. The van der Waals surface area contributed by atoms with Gasteiger partial charge in [-0.1, -0.05) is 58.4 Å². The van der Waals surface area contributed by atoms with E-state index in [0.717, 1.165) is 27.6 Å². The van der Waals surface area contributed by atoms with Crippen molar-refractivity contribution in [2.45, 2.75) is 18.6 Å². The molecule has 4 rings (SSSR count). The summed E-state index contributed by atoms with van der Waals surface area (Å²) in [6.07, 6.45) is 2.84. The molecule has 26 heavy (non-hydrogen) atoms. The number of aliphatic imine (C=N–C) groups is 1. The molecular formula is C21H20BrN3O. The van der Waals surface area contributed by atoms with Crippen LogP contribution in [0.25, 0.3) is 10.8 Å². The van der Waals surface area contributed by atoms with Crippen molar-refractivity contribution in [2.24, 2.45) is 4.99 Å². The highest BCUT2D eigenvalue weighted by molar-refractivity contribution is 9.10. The molecule has 0 radical (unpaired) electrons. The summed E-state index contributed by atoms with van der Waals surface area (Å²) in [5, 5.41) is 2.33. The highest BCUT2D eigenvalue weighted by Gasteiger charge is 2.24. The Kier molecular flexibility index (Phi) is 5.02. The Balaban J connectivity index is 1.55. The van der Waals surface area contributed by atoms with Gasteiger partial charge in [-0.05, 0) is 34.5 Å². The number of nitrogens with zero attached hydrogens (tertiary/aromatic N) is 1. The molecule has 0 aromatic heterocycles. The molecule has 1 aliphatic rings. The SMILES string of the molecule is COc1ccc2ccccc2c1/C=N/C1CC(c2ccc(Br)cc2)NN1. The van der Waals surface area contributed by atoms with E-state index in [1.807, 2.05) is 24.4 Å². The van der Waals surface area contributed by atoms with E-state index in [2.05, 4.69) is 69.2 Å². The Morgan fingerprint density at radius 3 is 2.65 bits per heavy atom. The number of hydrogen-bond acceptors (Lipinski definition) is 4. The number of halogens is 1. The lowest BCUT2D eigenvalue weighted by atomic mass is 10.0. The van der Waals surface area contributed by atoms with Crippen molar-refractivity contribution in [1.82, 2.24) is 10.9 Å². The Hall–Kier alpha value is -2.21. The van der Waals surface area contributed by atoms with Crippen LogP contribution in [0.3, 0.4) is 0 Å². The number of nitrogens with one attached hydrogen (secondary N) is 2. The van der Waals surface area contributed by atoms with Gasteiger partial charge in [-0.25, -0.2) is 10.9 Å². The highest BCUT2D eigenvalue weighted by Crippen LogP contribution is 2.28. The Bertz CT molecular complexity index is 940. The number of hydrogen-bond donors (Lipinski definition) is 2. The summed E-state index contributed by atoms with van der Waals surface area (Å²) in [6.45, 7) is 0. The summed E-state index contributed by atoms with van der Waals surface area (Å²) in [5.74, 6) is 0.836. The maximum Gasteiger partial charge on any atom is 0.128 e. The topological polar surface area (TPSA) is 45.6 Å². The summed E-state index contributed by atoms with van der Waals surface area (Å²) in [6, 6.07) is 21.0. The molecule has 4 nitrogen and oxygen atoms in total. The number of benzene rings is 3. The molecule has 0 saturated carbocycles. The predicted octanol–water partition coefficient (Wildman–Crippen LogP) is 4.60. The number of hydrazine groups is 1. The molecule has 3 aromatic carbocycles. The van der Waals surface area contributed by atoms with Gasteiger partial charge in [-0.15, -0.1) is 0 Å². The first-order chi connectivity index (χ1) is 12.7. The molecule has 3 aromatic rings. The number of ether oxygens (including phenoxy) is 1. The van der Waals surface area contributed by atoms with Gasteiger partial charge in [0.1, 0.15) is 11.9 Å². The van der Waals surface area contributed by atoms with Crippen LogP contribution < -0.4 is 15.6 Å². The monoisotopic (exact) mass is 409 g/mol. The van der Waals surface area contributed by atoms with Crippen LogP contribution in [0.1, 0.15) is 23.6 Å². The van der Waals surface area contributed by atoms with Gasteiger partial charge in [0.2, 0.25) is 0 Å². The van der Waals surface area contributed by atoms with Gasteiger partial charge in [0, 0.05) is 28.7 Å². The third-order valence-electron chi connectivity index (χ3n) is 4.69. The van der Waals surface area contributed by atoms with Crippen molar-refractivity contribution < 1.29 is 4.74 Å². The van der Waals surface area contributed by atoms with E-state index in [1.165, 1.54) is 10.9 Å². The minimum Gasteiger partial charge on any atom is -0.496 e. The lowest BCUT2D eigenvalue weighted by Gasteiger charge is -2.10. The van der Waals surface area contributed by atoms with Crippen LogP contribution in [-0.4, -0.2) is 19.5 Å². The third kappa shape index (κ3) is 3.51. The van der Waals surface area contributed by atoms with E-state index in [9.17, 15) is 0 Å². The number of fused-ring (bicyclic) bond motifs is 1. The van der Waals surface area contributed by atoms with Gasteiger partial charge in [0.25, 0.3) is 0 Å². The number of methoxy groups -OCH3 is 1. The van der Waals surface area contributed by atoms with Crippen LogP contribution in [0, 0.1) is 0 Å². The van der Waals surface area contributed by atoms with Crippen molar-refractivity contribution in [3.8, 4) is 5.75 Å². The van der Waals surface area contributed by atoms with Crippen LogP contribution in [0.5, 0.6) is 5.75 Å².